The predicted octanol–water partition coefficient (Wildman–Crippen LogP) is 1.06. The second kappa shape index (κ2) is 2.92. The van der Waals surface area contributed by atoms with Gasteiger partial charge in [0.2, 0.25) is 0 Å². The fraction of sp³-hybridized carbons (Fsp3) is 0.182. The van der Waals surface area contributed by atoms with Crippen molar-refractivity contribution in [1.82, 2.24) is 5.32 Å². The normalized spacial score (nSPS) is 13.4. The summed E-state index contributed by atoms with van der Waals surface area (Å²) < 4.78 is 0. The highest BCUT2D eigenvalue weighted by atomic mass is 16.2. The van der Waals surface area contributed by atoms with Gasteiger partial charge in [-0.3, -0.25) is 14.9 Å². The zero-order valence-corrected chi connectivity index (χ0v) is 8.34. The molecule has 0 atom stereocenters. The zero-order valence-electron chi connectivity index (χ0n) is 8.34. The van der Waals surface area contributed by atoms with Gasteiger partial charge in [-0.1, -0.05) is 0 Å². The first-order chi connectivity index (χ1) is 7.06. The van der Waals surface area contributed by atoms with Gasteiger partial charge in [-0.2, -0.15) is 5.26 Å². The molecule has 1 aliphatic rings. The number of rotatable bonds is 0. The smallest absolute Gasteiger partial charge is 0.259 e. The lowest BCUT2D eigenvalue weighted by molar-refractivity contribution is 0.0879. The molecular formula is C11H8N2O2. The average Bonchev–Trinajstić information content (AvgIpc) is 2.47. The summed E-state index contributed by atoms with van der Waals surface area (Å²) in [5.74, 6) is -0.797. The molecule has 1 aromatic rings. The van der Waals surface area contributed by atoms with Crippen LogP contribution < -0.4 is 5.32 Å². The Morgan fingerprint density at radius 3 is 2.47 bits per heavy atom. The summed E-state index contributed by atoms with van der Waals surface area (Å²) in [6.07, 6.45) is 0. The topological polar surface area (TPSA) is 70.0 Å². The highest BCUT2D eigenvalue weighted by molar-refractivity contribution is 6.22. The van der Waals surface area contributed by atoms with Gasteiger partial charge in [0.05, 0.1) is 22.8 Å². The van der Waals surface area contributed by atoms with Gasteiger partial charge in [0.1, 0.15) is 0 Å². The number of nitrogens with zero attached hydrogens (tertiary/aromatic N) is 1. The first-order valence-electron chi connectivity index (χ1n) is 4.46. The van der Waals surface area contributed by atoms with Crippen molar-refractivity contribution in [1.29, 1.82) is 5.26 Å². The summed E-state index contributed by atoms with van der Waals surface area (Å²) in [5.41, 5.74) is 2.60. The first-order valence-corrected chi connectivity index (χ1v) is 4.46. The maximum absolute atomic E-state index is 11.4. The molecule has 0 spiro atoms. The summed E-state index contributed by atoms with van der Waals surface area (Å²) in [7, 11) is 0. The van der Waals surface area contributed by atoms with E-state index in [0.29, 0.717) is 22.3 Å². The molecule has 0 radical (unpaired) electrons. The summed E-state index contributed by atoms with van der Waals surface area (Å²) >= 11 is 0. The molecule has 1 aromatic carbocycles. The highest BCUT2D eigenvalue weighted by Crippen LogP contribution is 2.25. The van der Waals surface area contributed by atoms with Gasteiger partial charge in [0, 0.05) is 0 Å². The van der Waals surface area contributed by atoms with Crippen LogP contribution in [-0.2, 0) is 0 Å². The molecule has 1 aliphatic heterocycles. The van der Waals surface area contributed by atoms with Crippen molar-refractivity contribution in [3.8, 4) is 6.07 Å². The quantitative estimate of drug-likeness (QED) is 0.636. The summed E-state index contributed by atoms with van der Waals surface area (Å²) in [6, 6.07) is 3.48. The lowest BCUT2D eigenvalue weighted by atomic mass is 9.95. The van der Waals surface area contributed by atoms with E-state index in [0.717, 1.165) is 5.56 Å². The van der Waals surface area contributed by atoms with Crippen LogP contribution in [0, 0.1) is 25.2 Å². The number of nitrogens with one attached hydrogen (secondary N) is 1. The van der Waals surface area contributed by atoms with Crippen LogP contribution in [0.15, 0.2) is 6.07 Å². The number of carbonyl (C=O) groups is 2. The molecule has 15 heavy (non-hydrogen) atoms. The van der Waals surface area contributed by atoms with Crippen molar-refractivity contribution in [2.75, 3.05) is 0 Å². The monoisotopic (exact) mass is 200 g/mol. The third kappa shape index (κ3) is 1.13. The minimum atomic E-state index is -0.422. The number of nitriles is 1. The maximum Gasteiger partial charge on any atom is 0.259 e. The van der Waals surface area contributed by atoms with E-state index in [1.54, 1.807) is 13.8 Å². The average molecular weight is 200 g/mol. The first kappa shape index (κ1) is 9.41. The molecule has 0 saturated heterocycles. The Labute approximate surface area is 86.5 Å². The van der Waals surface area contributed by atoms with Crippen LogP contribution in [0.1, 0.15) is 37.4 Å². The number of benzene rings is 1. The third-order valence-corrected chi connectivity index (χ3v) is 2.72. The number of hydrogen-bond acceptors (Lipinski definition) is 3. The maximum atomic E-state index is 11.4. The van der Waals surface area contributed by atoms with E-state index in [1.165, 1.54) is 6.07 Å². The number of fused-ring (bicyclic) bond motifs is 1. The van der Waals surface area contributed by atoms with Crippen molar-refractivity contribution < 1.29 is 9.59 Å². The minimum absolute atomic E-state index is 0.305. The van der Waals surface area contributed by atoms with Crippen molar-refractivity contribution in [2.45, 2.75) is 13.8 Å². The van der Waals surface area contributed by atoms with Crippen LogP contribution in [0.4, 0.5) is 0 Å². The lowest BCUT2D eigenvalue weighted by Gasteiger charge is -2.06. The molecule has 4 heteroatoms. The molecular weight excluding hydrogens is 192 g/mol. The van der Waals surface area contributed by atoms with Crippen molar-refractivity contribution >= 4 is 11.8 Å². The summed E-state index contributed by atoms with van der Waals surface area (Å²) in [4.78, 5) is 22.8. The molecule has 0 aromatic heterocycles. The second-order valence-corrected chi connectivity index (χ2v) is 3.49. The number of hydrogen-bond donors (Lipinski definition) is 1. The molecule has 0 fully saturated rings. The Hall–Kier alpha value is -2.15. The van der Waals surface area contributed by atoms with E-state index in [2.05, 4.69) is 5.32 Å². The van der Waals surface area contributed by atoms with E-state index in [-0.39, 0.29) is 5.91 Å². The molecule has 0 aliphatic carbocycles. The molecule has 2 amide bonds. The summed E-state index contributed by atoms with van der Waals surface area (Å²) in [5, 5.41) is 11.1. The molecule has 1 heterocycles. The van der Waals surface area contributed by atoms with E-state index in [4.69, 9.17) is 5.26 Å². The van der Waals surface area contributed by atoms with Crippen molar-refractivity contribution in [3.63, 3.8) is 0 Å². The Morgan fingerprint density at radius 1 is 1.20 bits per heavy atom. The van der Waals surface area contributed by atoms with E-state index < -0.39 is 5.91 Å². The van der Waals surface area contributed by atoms with Gasteiger partial charge in [-0.25, -0.2) is 0 Å². The Balaban J connectivity index is 2.84. The van der Waals surface area contributed by atoms with Gasteiger partial charge < -0.3 is 0 Å². The second-order valence-electron chi connectivity index (χ2n) is 3.49. The van der Waals surface area contributed by atoms with E-state index in [9.17, 15) is 9.59 Å². The van der Waals surface area contributed by atoms with Gasteiger partial charge in [-0.05, 0) is 31.0 Å². The molecule has 74 valence electrons. The zero-order chi connectivity index (χ0) is 11.2. The number of carbonyl (C=O) groups excluding carboxylic acids is 2. The van der Waals surface area contributed by atoms with Gasteiger partial charge >= 0.3 is 0 Å². The third-order valence-electron chi connectivity index (χ3n) is 2.72. The minimum Gasteiger partial charge on any atom is -0.288 e. The standard InChI is InChI=1S/C11H8N2O2/c1-5-6(2)9-8(3-7(5)4-12)10(14)13-11(9)15/h3H,1-2H3,(H,13,14,15). The molecule has 2 rings (SSSR count). The van der Waals surface area contributed by atoms with Crippen LogP contribution in [0.3, 0.4) is 0 Å². The lowest BCUT2D eigenvalue weighted by Crippen LogP contribution is -2.20. The predicted molar refractivity (Wildman–Crippen MR) is 52.4 cm³/mol. The highest BCUT2D eigenvalue weighted by Gasteiger charge is 2.30. The van der Waals surface area contributed by atoms with Crippen molar-refractivity contribution in [3.05, 3.63) is 33.9 Å². The van der Waals surface area contributed by atoms with Gasteiger partial charge in [0.25, 0.3) is 11.8 Å². The van der Waals surface area contributed by atoms with Crippen LogP contribution in [0.25, 0.3) is 0 Å². The van der Waals surface area contributed by atoms with Crippen LogP contribution in [-0.4, -0.2) is 11.8 Å². The Kier molecular flexibility index (Phi) is 1.83. The number of imide groups is 1. The Bertz CT molecular complexity index is 538. The molecule has 4 nitrogen and oxygen atoms in total. The van der Waals surface area contributed by atoms with Gasteiger partial charge in [0.15, 0.2) is 0 Å². The molecule has 0 saturated carbocycles. The molecule has 0 bridgehead atoms. The van der Waals surface area contributed by atoms with Crippen molar-refractivity contribution in [2.24, 2.45) is 0 Å². The van der Waals surface area contributed by atoms with E-state index in [1.807, 2.05) is 6.07 Å². The number of amides is 2. The largest absolute Gasteiger partial charge is 0.288 e. The Morgan fingerprint density at radius 2 is 1.87 bits per heavy atom. The van der Waals surface area contributed by atoms with Crippen LogP contribution >= 0.6 is 0 Å². The van der Waals surface area contributed by atoms with E-state index >= 15 is 0 Å². The van der Waals surface area contributed by atoms with Crippen LogP contribution in [0.5, 0.6) is 0 Å². The summed E-state index contributed by atoms with van der Waals surface area (Å²) in [6.45, 7) is 3.51. The van der Waals surface area contributed by atoms with Crippen LogP contribution in [0.2, 0.25) is 0 Å². The SMILES string of the molecule is Cc1c(C#N)cc2c(c1C)C(=O)NC2=O. The fourth-order valence-electron chi connectivity index (χ4n) is 1.74. The van der Waals surface area contributed by atoms with Gasteiger partial charge in [-0.15, -0.1) is 0 Å². The fourth-order valence-corrected chi connectivity index (χ4v) is 1.74. The molecule has 0 unspecified atom stereocenters. The molecule has 1 N–H and O–H groups in total.